The molecule has 3 aromatic rings. The molecule has 0 spiro atoms. The molecule has 148 valence electrons. The third-order valence-corrected chi connectivity index (χ3v) is 7.40. The zero-order valence-corrected chi connectivity index (χ0v) is 16.6. The number of benzene rings is 1. The first-order chi connectivity index (χ1) is 14.2. The van der Waals surface area contributed by atoms with Gasteiger partial charge in [-0.25, -0.2) is 4.98 Å². The molecule has 0 bridgehead atoms. The molecule has 0 radical (unpaired) electrons. The number of thiazole rings is 1. The number of nitrogens with one attached hydrogen (secondary N) is 3. The highest BCUT2D eigenvalue weighted by Gasteiger charge is 2.57. The second-order valence-electron chi connectivity index (χ2n) is 8.14. The Kier molecular flexibility index (Phi) is 3.79. The van der Waals surface area contributed by atoms with Gasteiger partial charge in [0.15, 0.2) is 5.13 Å². The van der Waals surface area contributed by atoms with E-state index < -0.39 is 0 Å². The smallest absolute Gasteiger partial charge is 0.270 e. The van der Waals surface area contributed by atoms with Gasteiger partial charge in [0.25, 0.3) is 5.91 Å². The van der Waals surface area contributed by atoms with E-state index in [0.717, 1.165) is 34.6 Å². The quantitative estimate of drug-likeness (QED) is 0.621. The third kappa shape index (κ3) is 2.86. The van der Waals surface area contributed by atoms with Crippen molar-refractivity contribution in [1.29, 1.82) is 0 Å². The van der Waals surface area contributed by atoms with Gasteiger partial charge in [0, 0.05) is 34.7 Å². The lowest BCUT2D eigenvalue weighted by molar-refractivity contribution is -0.118. The molecular weight excluding hydrogens is 386 g/mol. The van der Waals surface area contributed by atoms with Crippen LogP contribution in [0.5, 0.6) is 0 Å². The summed E-state index contributed by atoms with van der Waals surface area (Å²) in [6.45, 7) is 3.07. The number of hydrogen-bond donors (Lipinski definition) is 3. The molecular formula is C21H21N5O2S. The fraction of sp³-hybridized carbons (Fsp3) is 0.381. The Hall–Kier alpha value is -2.71. The predicted octanol–water partition coefficient (Wildman–Crippen LogP) is 2.23. The van der Waals surface area contributed by atoms with Crippen LogP contribution in [-0.4, -0.2) is 46.3 Å². The minimum absolute atomic E-state index is 0.00383. The molecule has 2 aromatic heterocycles. The summed E-state index contributed by atoms with van der Waals surface area (Å²) >= 11 is 1.50. The van der Waals surface area contributed by atoms with Crippen LogP contribution in [0.1, 0.15) is 21.1 Å². The first-order valence-electron chi connectivity index (χ1n) is 10.0. The van der Waals surface area contributed by atoms with Crippen molar-refractivity contribution >= 4 is 39.2 Å². The molecule has 3 N–H and O–H groups in total. The van der Waals surface area contributed by atoms with Crippen molar-refractivity contribution in [2.75, 3.05) is 25.0 Å². The number of hydrogen-bond acceptors (Lipinski definition) is 5. The molecule has 1 unspecified atom stereocenters. The maximum absolute atomic E-state index is 13.0. The molecule has 1 aromatic carbocycles. The van der Waals surface area contributed by atoms with Gasteiger partial charge in [0.05, 0.1) is 12.2 Å². The van der Waals surface area contributed by atoms with E-state index in [9.17, 15) is 9.59 Å². The normalized spacial score (nSPS) is 25.0. The summed E-state index contributed by atoms with van der Waals surface area (Å²) in [5.74, 6) is 1.23. The van der Waals surface area contributed by atoms with Crippen molar-refractivity contribution in [1.82, 2.24) is 20.2 Å². The number of carbonyl (C=O) groups is 2. The summed E-state index contributed by atoms with van der Waals surface area (Å²) in [6, 6.07) is 9.81. The average molecular weight is 407 g/mol. The Labute approximate surface area is 171 Å². The minimum Gasteiger partial charge on any atom is -0.351 e. The van der Waals surface area contributed by atoms with E-state index in [-0.39, 0.29) is 17.7 Å². The lowest BCUT2D eigenvalue weighted by atomic mass is 10.1. The van der Waals surface area contributed by atoms with E-state index in [4.69, 9.17) is 0 Å². The molecule has 3 aliphatic rings. The van der Waals surface area contributed by atoms with Crippen molar-refractivity contribution in [3.8, 4) is 0 Å². The number of nitrogens with zero attached hydrogens (tertiary/aromatic N) is 2. The molecule has 29 heavy (non-hydrogen) atoms. The number of anilines is 1. The Morgan fingerprint density at radius 3 is 2.86 bits per heavy atom. The van der Waals surface area contributed by atoms with E-state index in [0.29, 0.717) is 42.2 Å². The summed E-state index contributed by atoms with van der Waals surface area (Å²) in [7, 11) is 0. The Morgan fingerprint density at radius 2 is 2.03 bits per heavy atom. The van der Waals surface area contributed by atoms with E-state index in [2.05, 4.69) is 20.6 Å². The number of amides is 2. The first-order valence-corrected chi connectivity index (χ1v) is 10.9. The molecule has 3 atom stereocenters. The Morgan fingerprint density at radius 1 is 1.21 bits per heavy atom. The lowest BCUT2D eigenvalue weighted by Crippen LogP contribution is -2.35. The van der Waals surface area contributed by atoms with Gasteiger partial charge in [-0.3, -0.25) is 9.59 Å². The van der Waals surface area contributed by atoms with Crippen LogP contribution in [0.25, 0.3) is 10.9 Å². The first kappa shape index (κ1) is 17.2. The topological polar surface area (TPSA) is 90.1 Å². The van der Waals surface area contributed by atoms with Gasteiger partial charge in [-0.05, 0) is 37.1 Å². The van der Waals surface area contributed by atoms with Crippen LogP contribution in [0.4, 0.5) is 5.13 Å². The van der Waals surface area contributed by atoms with Crippen LogP contribution in [0.2, 0.25) is 0 Å². The van der Waals surface area contributed by atoms with E-state index in [1.807, 2.05) is 35.2 Å². The summed E-state index contributed by atoms with van der Waals surface area (Å²) in [5.41, 5.74) is 2.58. The summed E-state index contributed by atoms with van der Waals surface area (Å²) in [5, 5.41) is 8.03. The molecule has 1 saturated heterocycles. The van der Waals surface area contributed by atoms with Crippen LogP contribution in [0, 0.1) is 17.8 Å². The van der Waals surface area contributed by atoms with Gasteiger partial charge in [0.2, 0.25) is 5.91 Å². The van der Waals surface area contributed by atoms with Crippen LogP contribution in [-0.2, 0) is 17.8 Å². The van der Waals surface area contributed by atoms with E-state index >= 15 is 0 Å². The van der Waals surface area contributed by atoms with Gasteiger partial charge >= 0.3 is 0 Å². The van der Waals surface area contributed by atoms with Crippen molar-refractivity contribution < 1.29 is 9.59 Å². The summed E-state index contributed by atoms with van der Waals surface area (Å²) in [4.78, 5) is 36.2. The molecule has 7 nitrogen and oxygen atoms in total. The number of aromatic nitrogens is 2. The standard InChI is InChI=1S/C21H21N5O2S/c27-19(18-12-8-22-9-13(12)18)25-21-24-15-5-6-26(10-17(15)29-21)20(28)16-7-11-3-1-2-4-14(11)23-16/h1-4,7,12-13,18,22-23H,5-6,8-10H2,(H,24,25,27)/t12-,13+,18?. The van der Waals surface area contributed by atoms with Crippen LogP contribution < -0.4 is 10.6 Å². The zero-order valence-electron chi connectivity index (χ0n) is 15.8. The van der Waals surface area contributed by atoms with Crippen molar-refractivity contribution in [3.05, 3.63) is 46.6 Å². The van der Waals surface area contributed by atoms with Crippen molar-refractivity contribution in [2.45, 2.75) is 13.0 Å². The maximum Gasteiger partial charge on any atom is 0.270 e. The number of H-pyrrole nitrogens is 1. The van der Waals surface area contributed by atoms with E-state index in [1.54, 1.807) is 0 Å². The molecule has 2 aliphatic heterocycles. The Bertz CT molecular complexity index is 1090. The predicted molar refractivity (Wildman–Crippen MR) is 111 cm³/mol. The third-order valence-electron chi connectivity index (χ3n) is 6.40. The molecule has 8 heteroatoms. The monoisotopic (exact) mass is 407 g/mol. The molecule has 2 amide bonds. The number of rotatable bonds is 3. The van der Waals surface area contributed by atoms with Gasteiger partial charge in [0.1, 0.15) is 5.69 Å². The lowest BCUT2D eigenvalue weighted by Gasteiger charge is -2.25. The highest BCUT2D eigenvalue weighted by Crippen LogP contribution is 2.49. The molecule has 2 fully saturated rings. The summed E-state index contributed by atoms with van der Waals surface area (Å²) in [6.07, 6.45) is 0.715. The fourth-order valence-electron chi connectivity index (χ4n) is 4.78. The molecule has 1 saturated carbocycles. The SMILES string of the molecule is O=C(Nc1nc2c(s1)CN(C(=O)c1cc3ccccc3[nH]1)CC2)C1[C@H]2CNC[C@@H]12. The maximum atomic E-state index is 13.0. The number of carbonyl (C=O) groups excluding carboxylic acids is 2. The average Bonchev–Trinajstić information content (AvgIpc) is 3.15. The zero-order chi connectivity index (χ0) is 19.5. The highest BCUT2D eigenvalue weighted by atomic mass is 32.1. The number of piperidine rings is 1. The number of fused-ring (bicyclic) bond motifs is 3. The number of para-hydroxylation sites is 1. The van der Waals surface area contributed by atoms with E-state index in [1.165, 1.54) is 11.3 Å². The minimum atomic E-state index is 0.00383. The van der Waals surface area contributed by atoms with Gasteiger partial charge in [-0.2, -0.15) is 0 Å². The van der Waals surface area contributed by atoms with Gasteiger partial charge in [-0.1, -0.05) is 29.5 Å². The Balaban J connectivity index is 1.16. The number of aromatic amines is 1. The van der Waals surface area contributed by atoms with Gasteiger partial charge in [-0.15, -0.1) is 0 Å². The molecule has 1 aliphatic carbocycles. The van der Waals surface area contributed by atoms with Crippen molar-refractivity contribution in [2.24, 2.45) is 17.8 Å². The highest BCUT2D eigenvalue weighted by molar-refractivity contribution is 7.15. The van der Waals surface area contributed by atoms with Gasteiger partial charge < -0.3 is 20.5 Å². The van der Waals surface area contributed by atoms with Crippen LogP contribution in [0.3, 0.4) is 0 Å². The van der Waals surface area contributed by atoms with Crippen LogP contribution >= 0.6 is 11.3 Å². The van der Waals surface area contributed by atoms with Crippen LogP contribution in [0.15, 0.2) is 30.3 Å². The molecule has 6 rings (SSSR count). The second kappa shape index (κ2) is 6.40. The second-order valence-corrected chi connectivity index (χ2v) is 9.22. The molecule has 4 heterocycles. The summed E-state index contributed by atoms with van der Waals surface area (Å²) < 4.78 is 0. The fourth-order valence-corrected chi connectivity index (χ4v) is 5.80. The largest absolute Gasteiger partial charge is 0.351 e. The van der Waals surface area contributed by atoms with Crippen molar-refractivity contribution in [3.63, 3.8) is 0 Å².